The Morgan fingerprint density at radius 1 is 0.915 bits per heavy atom. The summed E-state index contributed by atoms with van der Waals surface area (Å²) in [5.74, 6) is -0.266. The van der Waals surface area contributed by atoms with Gasteiger partial charge in [0.05, 0.1) is 30.6 Å². The van der Waals surface area contributed by atoms with Crippen LogP contribution in [0.5, 0.6) is 0 Å². The predicted molar refractivity (Wildman–Crippen MR) is 274 cm³/mol. The highest BCUT2D eigenvalue weighted by Gasteiger charge is 2.41. The second-order valence-corrected chi connectivity index (χ2v) is 20.7. The molecule has 0 radical (unpaired) electrons. The van der Waals surface area contributed by atoms with E-state index in [1.165, 1.54) is 17.2 Å². The second-order valence-electron chi connectivity index (χ2n) is 20.7. The summed E-state index contributed by atoms with van der Waals surface area (Å²) in [6.07, 6.45) is 16.7. The van der Waals surface area contributed by atoms with E-state index in [1.54, 1.807) is 52.8 Å². The number of halogens is 1. The number of fused-ring (bicyclic) bond motifs is 2. The maximum Gasteiger partial charge on any atom is 0.503 e. The molecule has 14 nitrogen and oxygen atoms in total. The van der Waals surface area contributed by atoms with Crippen molar-refractivity contribution in [2.75, 3.05) is 76.7 Å². The van der Waals surface area contributed by atoms with Gasteiger partial charge in [-0.25, -0.2) is 4.39 Å². The number of piperidine rings is 3. The van der Waals surface area contributed by atoms with Crippen LogP contribution in [-0.2, 0) is 22.4 Å². The van der Waals surface area contributed by atoms with Gasteiger partial charge in [-0.2, -0.15) is 14.3 Å². The van der Waals surface area contributed by atoms with E-state index in [1.807, 2.05) is 36.1 Å². The maximum absolute atomic E-state index is 16.1. The van der Waals surface area contributed by atoms with Crippen LogP contribution < -0.4 is 21.1 Å². The van der Waals surface area contributed by atoms with Gasteiger partial charge in [0.2, 0.25) is 11.8 Å². The molecule has 10 rings (SSSR count). The summed E-state index contributed by atoms with van der Waals surface area (Å²) < 4.78 is 19.3. The number of hydrogen-bond donors (Lipinski definition) is 2. The number of hydrogen-bond acceptors (Lipinski definition) is 9. The van der Waals surface area contributed by atoms with E-state index in [4.69, 9.17) is 0 Å². The van der Waals surface area contributed by atoms with Crippen LogP contribution in [0.3, 0.4) is 0 Å². The number of imide groups is 1. The van der Waals surface area contributed by atoms with Crippen LogP contribution in [0.1, 0.15) is 90.2 Å². The Morgan fingerprint density at radius 2 is 1.70 bits per heavy atom. The fraction of sp³-hybridized carbons (Fsp3) is 0.446. The molecule has 5 aliphatic heterocycles. The van der Waals surface area contributed by atoms with Crippen molar-refractivity contribution in [2.45, 2.75) is 71.6 Å². The van der Waals surface area contributed by atoms with Crippen LogP contribution in [0.25, 0.3) is 17.3 Å². The van der Waals surface area contributed by atoms with E-state index >= 15 is 4.39 Å². The van der Waals surface area contributed by atoms with Crippen LogP contribution >= 0.6 is 0 Å². The zero-order valence-electron chi connectivity index (χ0n) is 41.4. The number of nitrogens with zero attached hydrogens (tertiary/aromatic N) is 7. The van der Waals surface area contributed by atoms with Gasteiger partial charge in [0.1, 0.15) is 5.82 Å². The molecule has 15 heteroatoms. The zero-order valence-corrected chi connectivity index (χ0v) is 41.4. The lowest BCUT2D eigenvalue weighted by molar-refractivity contribution is -0.319. The molecule has 3 saturated heterocycles. The number of carbonyl (C=O) groups excluding carboxylic acids is 4. The Bertz CT molecular complexity index is 2920. The number of amides is 5. The quantitative estimate of drug-likeness (QED) is 0.118. The first-order valence-electron chi connectivity index (χ1n) is 25.5. The molecule has 2 atom stereocenters. The summed E-state index contributed by atoms with van der Waals surface area (Å²) in [6, 6.07) is 14.7. The minimum atomic E-state index is -0.532. The molecule has 2 aromatic carbocycles. The third kappa shape index (κ3) is 10.0. The molecule has 7 heterocycles. The zero-order chi connectivity index (χ0) is 49.5. The van der Waals surface area contributed by atoms with Crippen molar-refractivity contribution in [1.29, 1.82) is 0 Å². The molecule has 370 valence electrons. The lowest BCUT2D eigenvalue weighted by Gasteiger charge is -2.38. The first kappa shape index (κ1) is 48.1. The minimum absolute atomic E-state index is 0.0986. The van der Waals surface area contributed by atoms with Crippen molar-refractivity contribution in [2.24, 2.45) is 23.7 Å². The molecule has 2 aromatic heterocycles. The van der Waals surface area contributed by atoms with Gasteiger partial charge in [-0.15, -0.1) is 0 Å². The van der Waals surface area contributed by atoms with Crippen molar-refractivity contribution in [3.8, 4) is 5.69 Å². The van der Waals surface area contributed by atoms with E-state index in [-0.39, 0.29) is 41.5 Å². The first-order chi connectivity index (χ1) is 34.3. The molecule has 2 unspecified atom stereocenters. The Kier molecular flexibility index (Phi) is 13.7. The third-order valence-corrected chi connectivity index (χ3v) is 15.9. The molecular weight excluding hydrogens is 898 g/mol. The van der Waals surface area contributed by atoms with E-state index in [0.29, 0.717) is 61.4 Å². The number of aromatic nitrogens is 2. The number of rotatable bonds is 11. The van der Waals surface area contributed by atoms with Crippen LogP contribution in [-0.4, -0.2) is 125 Å². The first-order valence-corrected chi connectivity index (χ1v) is 25.5. The van der Waals surface area contributed by atoms with E-state index in [9.17, 15) is 24.0 Å². The monoisotopic (exact) mass is 963 g/mol. The molecule has 0 bridgehead atoms. The molecule has 0 spiro atoms. The number of urea groups is 1. The lowest BCUT2D eigenvalue weighted by atomic mass is 9.86. The fourth-order valence-electron chi connectivity index (χ4n) is 11.7. The van der Waals surface area contributed by atoms with Gasteiger partial charge in [-0.05, 0) is 142 Å². The van der Waals surface area contributed by atoms with Crippen LogP contribution in [0.15, 0.2) is 77.4 Å². The molecule has 5 amide bonds. The lowest BCUT2D eigenvalue weighted by Crippen LogP contribution is -2.43. The van der Waals surface area contributed by atoms with Gasteiger partial charge in [-0.3, -0.25) is 38.9 Å². The number of likely N-dealkylation sites (tertiary alicyclic amines) is 2. The van der Waals surface area contributed by atoms with Crippen molar-refractivity contribution in [3.63, 3.8) is 0 Å². The summed E-state index contributed by atoms with van der Waals surface area (Å²) in [5.41, 5.74) is 10.3. The normalized spacial score (nSPS) is 22.0. The van der Waals surface area contributed by atoms with E-state index in [0.717, 1.165) is 116 Å². The largest absolute Gasteiger partial charge is 0.503 e. The summed E-state index contributed by atoms with van der Waals surface area (Å²) >= 11 is 0. The predicted octanol–water partition coefficient (Wildman–Crippen LogP) is 7.23. The van der Waals surface area contributed by atoms with Gasteiger partial charge < -0.3 is 15.1 Å². The molecule has 71 heavy (non-hydrogen) atoms. The topological polar surface area (TPSA) is 143 Å². The second kappa shape index (κ2) is 20.3. The number of carbonyl (C=O) groups is 4. The molecule has 4 aromatic rings. The molecule has 0 saturated carbocycles. The molecule has 1 aliphatic carbocycles. The smallest absolute Gasteiger partial charge is 0.388 e. The van der Waals surface area contributed by atoms with Gasteiger partial charge >= 0.3 is 6.03 Å². The summed E-state index contributed by atoms with van der Waals surface area (Å²) in [5, 5.41) is 5.41. The third-order valence-electron chi connectivity index (χ3n) is 15.9. The highest BCUT2D eigenvalue weighted by Crippen LogP contribution is 2.38. The number of pyridine rings is 2. The molecule has 6 aliphatic rings. The Morgan fingerprint density at radius 3 is 2.42 bits per heavy atom. The van der Waals surface area contributed by atoms with Crippen molar-refractivity contribution < 1.29 is 28.1 Å². The van der Waals surface area contributed by atoms with E-state index < -0.39 is 5.92 Å². The van der Waals surface area contributed by atoms with Crippen LogP contribution in [0.4, 0.5) is 26.2 Å². The van der Waals surface area contributed by atoms with Crippen LogP contribution in [0, 0.1) is 36.4 Å². The molecule has 2 N–H and O–H groups in total. The summed E-state index contributed by atoms with van der Waals surface area (Å²) in [6.45, 7) is 10.8. The Labute approximate surface area is 414 Å². The standard InChI is InChI=1S/C56H64FN9O5/c1-35-26-47-45(48(9-17-59-47)65-24-16-44(58-3)31-52(65)68)29-43(35)33-63-20-14-40(15-21-63)53-36(2)25-42(30-46(53)57)55(70)64-22-12-38(13-23-64)32-62-18-10-37(11-19-62)27-39-5-7-49-50(28-39)61(4)56(71)66(49)34-41-6-8-51(67)60-54(41)69/h5,7,9,14,16-17,24-25,28-31,34-35,37-38,41H,6,8,10-13,15,18-23,26-27,32-33H2,1-4H3,(H-,58,60,67,68,69)/p+1/b66-34+. The van der Waals surface area contributed by atoms with Gasteiger partial charge in [0.25, 0.3) is 11.5 Å². The minimum Gasteiger partial charge on any atom is -0.388 e. The number of aryl methyl sites for hydroxylation is 1. The fourth-order valence-corrected chi connectivity index (χ4v) is 11.7. The number of nitrogens with one attached hydrogen (secondary N) is 2. The van der Waals surface area contributed by atoms with Gasteiger partial charge in [0, 0.05) is 93.6 Å². The number of benzene rings is 2. The Balaban J connectivity index is 0.693. The molecule has 3 fully saturated rings. The van der Waals surface area contributed by atoms with Crippen molar-refractivity contribution in [1.82, 2.24) is 29.6 Å². The van der Waals surface area contributed by atoms with Gasteiger partial charge in [0.15, 0.2) is 11.4 Å². The van der Waals surface area contributed by atoms with Gasteiger partial charge in [-0.1, -0.05) is 30.7 Å². The SMILES string of the molecule is CNc1ccn(-c2ccnc3c2C=C(CN2CC=C(c4c(C)cc(C(=O)N5CCC(CN6CCC(Cc7ccc8c(c7)N(C)C(=O)/[N+]8=C/C7CCC(=O)NC7=O)CC6)CC5)cc4F)CC2)C(C)C3)c(=O)c1. The average Bonchev–Trinajstić information content (AvgIpc) is 3.59. The summed E-state index contributed by atoms with van der Waals surface area (Å²) in [4.78, 5) is 77.3. The Hall–Kier alpha value is -6.58. The average molecular weight is 963 g/mol. The summed E-state index contributed by atoms with van der Waals surface area (Å²) in [7, 11) is 3.56. The van der Waals surface area contributed by atoms with E-state index in [2.05, 4.69) is 56.6 Å². The van der Waals surface area contributed by atoms with Crippen molar-refractivity contribution >= 4 is 58.7 Å². The van der Waals surface area contributed by atoms with Crippen molar-refractivity contribution in [3.05, 3.63) is 122 Å². The molecular formula is C56H65FN9O5+. The highest BCUT2D eigenvalue weighted by molar-refractivity contribution is 6.06. The number of anilines is 2. The highest BCUT2D eigenvalue weighted by atomic mass is 19.1. The van der Waals surface area contributed by atoms with Crippen LogP contribution in [0.2, 0.25) is 0 Å². The maximum atomic E-state index is 16.1.